The Balaban J connectivity index is 1.89. The highest BCUT2D eigenvalue weighted by atomic mass is 32.2. The maximum Gasteiger partial charge on any atom is 0.230 e. The number of fused-ring (bicyclic) bond motifs is 1. The largest absolute Gasteiger partial charge is 0.353 e. The zero-order valence-corrected chi connectivity index (χ0v) is 15.7. The molecule has 0 aliphatic heterocycles. The number of imidazole rings is 1. The summed E-state index contributed by atoms with van der Waals surface area (Å²) in [5, 5.41) is 3.70. The zero-order chi connectivity index (χ0) is 18.0. The van der Waals surface area contributed by atoms with Crippen LogP contribution in [0.15, 0.2) is 35.5 Å². The van der Waals surface area contributed by atoms with Gasteiger partial charge < -0.3 is 10.3 Å². The number of H-pyrrole nitrogens is 1. The summed E-state index contributed by atoms with van der Waals surface area (Å²) in [6, 6.07) is 8.20. The summed E-state index contributed by atoms with van der Waals surface area (Å²) in [5.41, 5.74) is 5.31. The van der Waals surface area contributed by atoms with Gasteiger partial charge in [-0.05, 0) is 63.1 Å². The van der Waals surface area contributed by atoms with E-state index in [1.807, 2.05) is 26.0 Å². The lowest BCUT2D eigenvalue weighted by Gasteiger charge is -2.09. The molecule has 1 amide bonds. The number of hydrogen-bond donors (Lipinski definition) is 2. The highest BCUT2D eigenvalue weighted by Gasteiger charge is 2.13. The molecule has 0 radical (unpaired) electrons. The Hall–Kier alpha value is -2.34. The highest BCUT2D eigenvalue weighted by Crippen LogP contribution is 2.29. The van der Waals surface area contributed by atoms with Crippen LogP contribution in [0.5, 0.6) is 0 Å². The molecular weight excluding hydrogens is 332 g/mol. The Morgan fingerprint density at radius 1 is 1.28 bits per heavy atom. The molecule has 0 aliphatic carbocycles. The van der Waals surface area contributed by atoms with E-state index in [1.54, 1.807) is 6.20 Å². The van der Waals surface area contributed by atoms with Gasteiger partial charge in [0.15, 0.2) is 0 Å². The fourth-order valence-corrected chi connectivity index (χ4v) is 3.39. The molecule has 0 atom stereocenters. The van der Waals surface area contributed by atoms with Gasteiger partial charge in [-0.15, -0.1) is 0 Å². The first-order valence-electron chi connectivity index (χ1n) is 8.28. The molecule has 5 nitrogen and oxygen atoms in total. The van der Waals surface area contributed by atoms with Crippen LogP contribution in [0, 0.1) is 13.8 Å². The first kappa shape index (κ1) is 17.5. The van der Waals surface area contributed by atoms with Gasteiger partial charge in [-0.25, -0.2) is 9.97 Å². The number of benzene rings is 1. The number of nitrogens with zero attached hydrogens (tertiary/aromatic N) is 2. The number of hydrogen-bond acceptors (Lipinski definition) is 4. The molecule has 3 aromatic rings. The van der Waals surface area contributed by atoms with E-state index >= 15 is 0 Å². The Morgan fingerprint density at radius 3 is 2.80 bits per heavy atom. The summed E-state index contributed by atoms with van der Waals surface area (Å²) < 4.78 is 0. The molecule has 0 aliphatic rings. The second kappa shape index (κ2) is 7.27. The molecule has 0 saturated carbocycles. The fourth-order valence-electron chi connectivity index (χ4n) is 2.58. The summed E-state index contributed by atoms with van der Waals surface area (Å²) in [6.45, 7) is 8.08. The predicted molar refractivity (Wildman–Crippen MR) is 103 cm³/mol. The van der Waals surface area contributed by atoms with E-state index in [4.69, 9.17) is 4.98 Å². The molecule has 6 heteroatoms. The number of pyridine rings is 1. The van der Waals surface area contributed by atoms with E-state index in [9.17, 15) is 4.79 Å². The van der Waals surface area contributed by atoms with Crippen LogP contribution >= 0.6 is 11.8 Å². The number of aromatic amines is 1. The molecule has 2 aromatic heterocycles. The predicted octanol–water partition coefficient (Wildman–Crippen LogP) is 3.86. The van der Waals surface area contributed by atoms with Gasteiger partial charge >= 0.3 is 0 Å². The van der Waals surface area contributed by atoms with Crippen LogP contribution in [-0.2, 0) is 4.79 Å². The van der Waals surface area contributed by atoms with Crippen molar-refractivity contribution in [2.24, 2.45) is 0 Å². The SMILES string of the molecule is Cc1cc2nc(-c3cccnc3SCC(=O)NC(C)C)[nH]c2cc1C. The molecule has 0 spiro atoms. The normalized spacial score (nSPS) is 11.2. The standard InChI is InChI=1S/C19H22N4OS/c1-11(2)21-17(24)10-25-19-14(6-5-7-20-19)18-22-15-8-12(3)13(4)9-16(15)23-18/h5-9,11H,10H2,1-4H3,(H,21,24)(H,22,23). The van der Waals surface area contributed by atoms with Crippen molar-refractivity contribution in [1.82, 2.24) is 20.3 Å². The third kappa shape index (κ3) is 4.02. The van der Waals surface area contributed by atoms with Gasteiger partial charge in [0.05, 0.1) is 16.8 Å². The molecule has 0 bridgehead atoms. The van der Waals surface area contributed by atoms with Crippen LogP contribution in [0.2, 0.25) is 0 Å². The van der Waals surface area contributed by atoms with Crippen LogP contribution in [0.4, 0.5) is 0 Å². The number of amides is 1. The van der Waals surface area contributed by atoms with Crippen molar-refractivity contribution in [2.75, 3.05) is 5.75 Å². The maximum absolute atomic E-state index is 11.9. The number of aromatic nitrogens is 3. The average molecular weight is 354 g/mol. The van der Waals surface area contributed by atoms with Gasteiger partial charge in [0.2, 0.25) is 5.91 Å². The van der Waals surface area contributed by atoms with E-state index in [-0.39, 0.29) is 11.9 Å². The summed E-state index contributed by atoms with van der Waals surface area (Å²) in [6.07, 6.45) is 1.74. The number of thioether (sulfide) groups is 1. The van der Waals surface area contributed by atoms with Crippen LogP contribution in [0.25, 0.3) is 22.4 Å². The third-order valence-electron chi connectivity index (χ3n) is 3.91. The van der Waals surface area contributed by atoms with Crippen molar-refractivity contribution in [3.8, 4) is 11.4 Å². The quantitative estimate of drug-likeness (QED) is 0.683. The smallest absolute Gasteiger partial charge is 0.230 e. The van der Waals surface area contributed by atoms with Gasteiger partial charge in [0.25, 0.3) is 0 Å². The number of nitrogens with one attached hydrogen (secondary N) is 2. The van der Waals surface area contributed by atoms with Crippen molar-refractivity contribution in [1.29, 1.82) is 0 Å². The number of carbonyl (C=O) groups excluding carboxylic acids is 1. The van der Waals surface area contributed by atoms with Crippen LogP contribution in [0.1, 0.15) is 25.0 Å². The van der Waals surface area contributed by atoms with Crippen molar-refractivity contribution in [3.63, 3.8) is 0 Å². The maximum atomic E-state index is 11.9. The molecule has 3 rings (SSSR count). The molecule has 0 unspecified atom stereocenters. The Morgan fingerprint density at radius 2 is 2.04 bits per heavy atom. The number of carbonyl (C=O) groups is 1. The first-order chi connectivity index (χ1) is 11.9. The van der Waals surface area contributed by atoms with Crippen LogP contribution < -0.4 is 5.32 Å². The van der Waals surface area contributed by atoms with Crippen molar-refractivity contribution >= 4 is 28.7 Å². The fraction of sp³-hybridized carbons (Fsp3) is 0.316. The van der Waals surface area contributed by atoms with E-state index < -0.39 is 0 Å². The first-order valence-corrected chi connectivity index (χ1v) is 9.27. The van der Waals surface area contributed by atoms with Gasteiger partial charge in [0.1, 0.15) is 10.9 Å². The lowest BCUT2D eigenvalue weighted by atomic mass is 10.1. The zero-order valence-electron chi connectivity index (χ0n) is 14.9. The second-order valence-corrected chi connectivity index (χ2v) is 7.37. The lowest BCUT2D eigenvalue weighted by molar-refractivity contribution is -0.119. The summed E-state index contributed by atoms with van der Waals surface area (Å²) in [5.74, 6) is 1.12. The topological polar surface area (TPSA) is 70.7 Å². The van der Waals surface area contributed by atoms with Crippen molar-refractivity contribution in [2.45, 2.75) is 38.8 Å². The van der Waals surface area contributed by atoms with Crippen LogP contribution in [0.3, 0.4) is 0 Å². The Bertz CT molecular complexity index is 878. The molecule has 25 heavy (non-hydrogen) atoms. The third-order valence-corrected chi connectivity index (χ3v) is 4.92. The molecular formula is C19H22N4OS. The van der Waals surface area contributed by atoms with Crippen molar-refractivity contribution in [3.05, 3.63) is 41.6 Å². The van der Waals surface area contributed by atoms with E-state index in [0.29, 0.717) is 5.75 Å². The van der Waals surface area contributed by atoms with Crippen molar-refractivity contribution < 1.29 is 4.79 Å². The summed E-state index contributed by atoms with van der Waals surface area (Å²) >= 11 is 1.43. The molecule has 2 heterocycles. The van der Waals surface area contributed by atoms with Gasteiger partial charge in [0, 0.05) is 17.8 Å². The molecule has 0 saturated heterocycles. The summed E-state index contributed by atoms with van der Waals surface area (Å²) in [7, 11) is 0. The van der Waals surface area contributed by atoms with Crippen LogP contribution in [-0.4, -0.2) is 32.7 Å². The monoisotopic (exact) mass is 354 g/mol. The molecule has 0 fully saturated rings. The average Bonchev–Trinajstić information content (AvgIpc) is 2.95. The Kier molecular flexibility index (Phi) is 5.08. The van der Waals surface area contributed by atoms with E-state index in [2.05, 4.69) is 41.3 Å². The van der Waals surface area contributed by atoms with Gasteiger partial charge in [-0.1, -0.05) is 11.8 Å². The minimum Gasteiger partial charge on any atom is -0.353 e. The molecule has 2 N–H and O–H groups in total. The molecule has 130 valence electrons. The molecule has 1 aromatic carbocycles. The highest BCUT2D eigenvalue weighted by molar-refractivity contribution is 8.00. The van der Waals surface area contributed by atoms with Gasteiger partial charge in [-0.3, -0.25) is 4.79 Å². The number of rotatable bonds is 5. The minimum atomic E-state index is 0.00691. The summed E-state index contributed by atoms with van der Waals surface area (Å²) in [4.78, 5) is 24.4. The van der Waals surface area contributed by atoms with Gasteiger partial charge in [-0.2, -0.15) is 0 Å². The number of aryl methyl sites for hydroxylation is 2. The minimum absolute atomic E-state index is 0.00691. The Labute approximate surface area is 151 Å². The second-order valence-electron chi connectivity index (χ2n) is 6.41. The lowest BCUT2D eigenvalue weighted by Crippen LogP contribution is -2.31. The van der Waals surface area contributed by atoms with E-state index in [0.717, 1.165) is 27.4 Å². The van der Waals surface area contributed by atoms with E-state index in [1.165, 1.54) is 22.9 Å².